The molecular formula is C32H50Cl4F2N8. The molecule has 2 aromatic heterocycles. The molecule has 0 spiro atoms. The zero-order chi connectivity index (χ0) is 36.0. The maximum atomic E-state index is 13.7. The lowest BCUT2D eigenvalue weighted by Gasteiger charge is -2.27. The van der Waals surface area contributed by atoms with Crippen LogP contribution >= 0.6 is 47.2 Å². The van der Waals surface area contributed by atoms with Crippen LogP contribution in [0, 0.1) is 46.9 Å². The van der Waals surface area contributed by atoms with Crippen molar-refractivity contribution in [2.45, 2.75) is 69.2 Å². The molecule has 0 fully saturated rings. The molecule has 0 bridgehead atoms. The number of nitrogens with zero attached hydrogens (tertiary/aromatic N) is 7. The molecule has 260 valence electrons. The number of nitriles is 1. The largest absolute Gasteiger partial charge is 0.357 e. The lowest BCUT2D eigenvalue weighted by Crippen LogP contribution is -2.30. The van der Waals surface area contributed by atoms with Gasteiger partial charge in [0.1, 0.15) is 16.1 Å². The molecule has 2 aromatic rings. The van der Waals surface area contributed by atoms with Crippen LogP contribution in [0.1, 0.15) is 69.2 Å². The van der Waals surface area contributed by atoms with Gasteiger partial charge in [0.25, 0.3) is 0 Å². The third kappa shape index (κ3) is 24.7. The third-order valence-electron chi connectivity index (χ3n) is 5.12. The van der Waals surface area contributed by atoms with Crippen LogP contribution < -0.4 is 10.2 Å². The Morgan fingerprint density at radius 1 is 0.848 bits per heavy atom. The minimum Gasteiger partial charge on any atom is -0.357 e. The predicted octanol–water partition coefficient (Wildman–Crippen LogP) is 10.5. The summed E-state index contributed by atoms with van der Waals surface area (Å²) in [6, 6.07) is 3.82. The van der Waals surface area contributed by atoms with E-state index in [1.165, 1.54) is 26.6 Å². The van der Waals surface area contributed by atoms with Gasteiger partial charge in [-0.2, -0.15) is 5.26 Å². The fraction of sp³-hybridized carbons (Fsp3) is 0.594. The Kier molecular flexibility index (Phi) is 29.1. The molecule has 14 heteroatoms. The normalized spacial score (nSPS) is 9.89. The van der Waals surface area contributed by atoms with Gasteiger partial charge in [-0.1, -0.05) is 97.1 Å². The Morgan fingerprint density at radius 3 is 1.52 bits per heavy atom. The van der Waals surface area contributed by atoms with E-state index in [0.717, 1.165) is 18.7 Å². The second-order valence-corrected chi connectivity index (χ2v) is 12.8. The highest BCUT2D eigenvalue weighted by atomic mass is 35.5. The molecule has 0 aliphatic carbocycles. The maximum Gasteiger partial charge on any atom is 0.226 e. The van der Waals surface area contributed by atoms with Crippen molar-refractivity contribution in [2.75, 3.05) is 51.7 Å². The molecule has 1 N–H and O–H groups in total. The van der Waals surface area contributed by atoms with Gasteiger partial charge < -0.3 is 15.1 Å². The van der Waals surface area contributed by atoms with Crippen molar-refractivity contribution < 1.29 is 8.78 Å². The summed E-state index contributed by atoms with van der Waals surface area (Å²) in [5.74, 6) is -1.08. The third-order valence-corrected chi connectivity index (χ3v) is 5.94. The molecule has 0 amide bonds. The van der Waals surface area contributed by atoms with Crippen LogP contribution in [0.3, 0.4) is 0 Å². The molecule has 8 nitrogen and oxygen atoms in total. The summed E-state index contributed by atoms with van der Waals surface area (Å²) in [6.45, 7) is 39.4. The fourth-order valence-electron chi connectivity index (χ4n) is 3.30. The zero-order valence-corrected chi connectivity index (χ0v) is 32.2. The van der Waals surface area contributed by atoms with Crippen molar-refractivity contribution in [3.63, 3.8) is 0 Å². The van der Waals surface area contributed by atoms with Gasteiger partial charge in [0, 0.05) is 20.5 Å². The Labute approximate surface area is 297 Å². The SMILES string of the molecule is CC#N.CCN(CC)CC.CNCC(C)(C)C.Cl.[C-]#[N+]c1cc(F)c(Cl)nc1Cl.[C-]#[N+]c1cc(F)c(N(C)CC(C)(C)C)nc1Cl. The second-order valence-electron chi connectivity index (χ2n) is 11.7. The average Bonchev–Trinajstić information content (AvgIpc) is 2.92. The molecule has 0 unspecified atom stereocenters. The van der Waals surface area contributed by atoms with E-state index in [0.29, 0.717) is 12.0 Å². The van der Waals surface area contributed by atoms with Crippen molar-refractivity contribution in [1.82, 2.24) is 20.2 Å². The highest BCUT2D eigenvalue weighted by Gasteiger charge is 2.19. The minimum atomic E-state index is -0.734. The number of hydrogen-bond acceptors (Lipinski definition) is 6. The zero-order valence-electron chi connectivity index (χ0n) is 29.1. The van der Waals surface area contributed by atoms with Crippen LogP contribution in [0.25, 0.3) is 9.69 Å². The summed E-state index contributed by atoms with van der Waals surface area (Å²) in [5, 5.41) is 10.1. The van der Waals surface area contributed by atoms with E-state index in [4.69, 9.17) is 53.2 Å². The first kappa shape index (κ1) is 50.4. The van der Waals surface area contributed by atoms with Crippen molar-refractivity contribution in [3.8, 4) is 6.07 Å². The molecule has 0 aromatic carbocycles. The molecule has 0 aliphatic heterocycles. The first-order valence-electron chi connectivity index (χ1n) is 14.2. The van der Waals surface area contributed by atoms with Gasteiger partial charge in [-0.05, 0) is 56.2 Å². The number of nitrogens with one attached hydrogen (secondary N) is 1. The van der Waals surface area contributed by atoms with Gasteiger partial charge >= 0.3 is 0 Å². The van der Waals surface area contributed by atoms with Gasteiger partial charge in [0.2, 0.25) is 11.4 Å². The van der Waals surface area contributed by atoms with Gasteiger partial charge in [-0.25, -0.2) is 28.4 Å². The first-order chi connectivity index (χ1) is 20.7. The number of pyridine rings is 2. The Morgan fingerprint density at radius 2 is 1.24 bits per heavy atom. The van der Waals surface area contributed by atoms with Crippen LogP contribution in [0.15, 0.2) is 12.1 Å². The number of rotatable bonds is 6. The van der Waals surface area contributed by atoms with Crippen molar-refractivity contribution >= 4 is 64.4 Å². The summed E-state index contributed by atoms with van der Waals surface area (Å²) < 4.78 is 26.3. The van der Waals surface area contributed by atoms with E-state index < -0.39 is 11.6 Å². The lowest BCUT2D eigenvalue weighted by molar-refractivity contribution is 0.321. The summed E-state index contributed by atoms with van der Waals surface area (Å²) in [7, 11) is 3.73. The Hall–Kier alpha value is -2.49. The molecular weight excluding hydrogens is 676 g/mol. The number of anilines is 1. The standard InChI is InChI=1S/C12H15ClFN3.C6HCl2FN2.2C6H15N.C2H3N.ClH/c1-12(2,3)7-17(5)11-8(14)6-9(15-4)10(13)16-11;1-10-4-2-3(9)5(7)11-6(4)8;1-6(2,3)5-7-4;1-4-7(5-2)6-3;1-2-3;/h6H,7H2,1-3,5H3;2H;7H,5H2,1-4H3;4-6H2,1-3H3;1H3;1H. The molecule has 0 saturated heterocycles. The van der Waals surface area contributed by atoms with E-state index in [2.05, 4.69) is 92.2 Å². The number of halogens is 6. The average molecular weight is 727 g/mol. The quantitative estimate of drug-likeness (QED) is 0.236. The van der Waals surface area contributed by atoms with E-state index in [9.17, 15) is 8.78 Å². The number of hydrogen-bond donors (Lipinski definition) is 1. The van der Waals surface area contributed by atoms with Crippen LogP contribution in [-0.4, -0.2) is 61.7 Å². The Bertz CT molecular complexity index is 1250. The van der Waals surface area contributed by atoms with Crippen LogP contribution in [0.5, 0.6) is 0 Å². The molecule has 2 rings (SSSR count). The van der Waals surface area contributed by atoms with Crippen molar-refractivity contribution in [3.05, 3.63) is 62.1 Å². The van der Waals surface area contributed by atoms with Crippen LogP contribution in [0.4, 0.5) is 26.0 Å². The summed E-state index contributed by atoms with van der Waals surface area (Å²) in [6.07, 6.45) is 0. The number of aromatic nitrogens is 2. The van der Waals surface area contributed by atoms with Crippen LogP contribution in [-0.2, 0) is 0 Å². The lowest BCUT2D eigenvalue weighted by atomic mass is 9.96. The molecule has 0 radical (unpaired) electrons. The monoisotopic (exact) mass is 724 g/mol. The van der Waals surface area contributed by atoms with Gasteiger partial charge in [0.05, 0.1) is 19.2 Å². The second kappa shape index (κ2) is 26.6. The molecule has 0 atom stereocenters. The smallest absolute Gasteiger partial charge is 0.226 e. The van der Waals surface area contributed by atoms with Gasteiger partial charge in [0.15, 0.2) is 16.8 Å². The maximum absolute atomic E-state index is 13.7. The first-order valence-corrected chi connectivity index (χ1v) is 15.4. The Balaban J connectivity index is -0.000000263. The van der Waals surface area contributed by atoms with Gasteiger partial charge in [-0.3, -0.25) is 0 Å². The van der Waals surface area contributed by atoms with Gasteiger partial charge in [-0.15, -0.1) is 12.4 Å². The predicted molar refractivity (Wildman–Crippen MR) is 194 cm³/mol. The van der Waals surface area contributed by atoms with Crippen molar-refractivity contribution in [2.24, 2.45) is 10.8 Å². The fourth-order valence-corrected chi connectivity index (χ4v) is 3.84. The molecule has 0 saturated carbocycles. The molecule has 46 heavy (non-hydrogen) atoms. The minimum absolute atomic E-state index is 0. The summed E-state index contributed by atoms with van der Waals surface area (Å²) >= 11 is 16.5. The highest BCUT2D eigenvalue weighted by Crippen LogP contribution is 2.30. The molecule has 2 heterocycles. The van der Waals surface area contributed by atoms with Crippen molar-refractivity contribution in [1.29, 1.82) is 5.26 Å². The summed E-state index contributed by atoms with van der Waals surface area (Å²) in [5.41, 5.74) is 0.466. The van der Waals surface area contributed by atoms with E-state index in [1.807, 2.05) is 7.05 Å². The topological polar surface area (TPSA) is 76.8 Å². The van der Waals surface area contributed by atoms with E-state index in [-0.39, 0.29) is 50.5 Å². The molecule has 0 aliphatic rings. The van der Waals surface area contributed by atoms with Crippen LogP contribution in [0.2, 0.25) is 15.5 Å². The van der Waals surface area contributed by atoms with E-state index in [1.54, 1.807) is 18.0 Å². The highest BCUT2D eigenvalue weighted by molar-refractivity contribution is 6.34. The van der Waals surface area contributed by atoms with E-state index >= 15 is 0 Å². The summed E-state index contributed by atoms with van der Waals surface area (Å²) in [4.78, 5) is 17.4.